The van der Waals surface area contributed by atoms with Crippen molar-refractivity contribution >= 4 is 38.9 Å². The highest BCUT2D eigenvalue weighted by Crippen LogP contribution is 2.44. The van der Waals surface area contributed by atoms with E-state index in [0.717, 1.165) is 60.2 Å². The summed E-state index contributed by atoms with van der Waals surface area (Å²) in [5.41, 5.74) is 7.96. The van der Waals surface area contributed by atoms with Crippen molar-refractivity contribution in [2.75, 3.05) is 20.3 Å². The number of nitrogens with zero attached hydrogens (tertiary/aromatic N) is 1. The molecule has 0 saturated heterocycles. The van der Waals surface area contributed by atoms with E-state index in [9.17, 15) is 0 Å². The fraction of sp³-hybridized carbons (Fsp3) is 0.250. The molecule has 0 radical (unpaired) electrons. The average molecular weight is 539 g/mol. The molecule has 194 valence electrons. The van der Waals surface area contributed by atoms with E-state index in [1.165, 1.54) is 0 Å². The van der Waals surface area contributed by atoms with Crippen molar-refractivity contribution < 1.29 is 14.2 Å². The first-order valence-corrected chi connectivity index (χ1v) is 13.1. The number of hydrazone groups is 1. The Kier molecular flexibility index (Phi) is 9.24. The zero-order chi connectivity index (χ0) is 26.2. The maximum absolute atomic E-state index is 6.73. The highest BCUT2D eigenvalue weighted by molar-refractivity contribution is 7.23. The molecule has 0 aliphatic rings. The van der Waals surface area contributed by atoms with Gasteiger partial charge in [-0.1, -0.05) is 35.9 Å². The van der Waals surface area contributed by atoms with Crippen molar-refractivity contribution in [1.82, 2.24) is 5.43 Å². The number of halogens is 1. The minimum Gasteiger partial charge on any atom is -0.491 e. The SMILES string of the molecule is COCCOc1ccc(-c2c(Cl)sc3ccc(COc4ccc(CC/C(=N/N)NN)cc4)cc23)c(C)c1. The number of nitrogens with two attached hydrogens (primary N) is 2. The summed E-state index contributed by atoms with van der Waals surface area (Å²) < 4.78 is 18.8. The third-order valence-corrected chi connectivity index (χ3v) is 7.41. The Morgan fingerprint density at radius 2 is 1.73 bits per heavy atom. The highest BCUT2D eigenvalue weighted by Gasteiger charge is 2.16. The number of ether oxygens (including phenoxy) is 3. The lowest BCUT2D eigenvalue weighted by atomic mass is 9.99. The minimum atomic E-state index is 0.453. The Bertz CT molecular complexity index is 1370. The lowest BCUT2D eigenvalue weighted by Crippen LogP contribution is -2.31. The van der Waals surface area contributed by atoms with Gasteiger partial charge in [-0.3, -0.25) is 0 Å². The molecule has 37 heavy (non-hydrogen) atoms. The summed E-state index contributed by atoms with van der Waals surface area (Å²) in [6.45, 7) is 3.59. The van der Waals surface area contributed by atoms with Crippen molar-refractivity contribution in [3.63, 3.8) is 0 Å². The number of methoxy groups -OCH3 is 1. The molecule has 0 unspecified atom stereocenters. The molecule has 5 N–H and O–H groups in total. The molecule has 9 heteroatoms. The summed E-state index contributed by atoms with van der Waals surface area (Å²) in [6.07, 6.45) is 1.42. The second-order valence-corrected chi connectivity index (χ2v) is 10.2. The van der Waals surface area contributed by atoms with Crippen LogP contribution in [0.5, 0.6) is 11.5 Å². The first kappa shape index (κ1) is 26.8. The van der Waals surface area contributed by atoms with Gasteiger partial charge in [-0.25, -0.2) is 5.84 Å². The van der Waals surface area contributed by atoms with E-state index in [1.807, 2.05) is 36.4 Å². The molecular formula is C28H31ClN4O3S. The third kappa shape index (κ3) is 6.72. The number of hydrogen-bond acceptors (Lipinski definition) is 7. The number of benzene rings is 3. The molecule has 0 bridgehead atoms. The van der Waals surface area contributed by atoms with Crippen LogP contribution in [-0.4, -0.2) is 26.2 Å². The lowest BCUT2D eigenvalue weighted by molar-refractivity contribution is 0.146. The second kappa shape index (κ2) is 12.8. The van der Waals surface area contributed by atoms with Crippen molar-refractivity contribution in [1.29, 1.82) is 0 Å². The van der Waals surface area contributed by atoms with Crippen LogP contribution in [0.2, 0.25) is 4.34 Å². The summed E-state index contributed by atoms with van der Waals surface area (Å²) >= 11 is 8.32. The van der Waals surface area contributed by atoms with Gasteiger partial charge in [0.25, 0.3) is 0 Å². The molecule has 0 spiro atoms. The van der Waals surface area contributed by atoms with Crippen LogP contribution in [0.3, 0.4) is 0 Å². The Labute approximate surface area is 225 Å². The summed E-state index contributed by atoms with van der Waals surface area (Å²) in [7, 11) is 1.66. The van der Waals surface area contributed by atoms with E-state index in [1.54, 1.807) is 18.4 Å². The van der Waals surface area contributed by atoms with Crippen molar-refractivity contribution in [2.45, 2.75) is 26.4 Å². The number of hydrazine groups is 1. The largest absolute Gasteiger partial charge is 0.491 e. The van der Waals surface area contributed by atoms with Gasteiger partial charge in [-0.2, -0.15) is 5.10 Å². The maximum Gasteiger partial charge on any atom is 0.136 e. The molecule has 1 aromatic heterocycles. The maximum atomic E-state index is 6.73. The van der Waals surface area contributed by atoms with Gasteiger partial charge in [0, 0.05) is 29.2 Å². The number of amidine groups is 1. The molecule has 0 fully saturated rings. The van der Waals surface area contributed by atoms with Crippen molar-refractivity contribution in [3.05, 3.63) is 81.7 Å². The van der Waals surface area contributed by atoms with Gasteiger partial charge in [0.1, 0.15) is 34.9 Å². The predicted octanol–water partition coefficient (Wildman–Crippen LogP) is 5.80. The molecule has 0 atom stereocenters. The van der Waals surface area contributed by atoms with E-state index in [0.29, 0.717) is 32.1 Å². The van der Waals surface area contributed by atoms with Crippen LogP contribution in [-0.2, 0) is 17.8 Å². The van der Waals surface area contributed by atoms with E-state index in [2.05, 4.69) is 41.7 Å². The zero-order valence-corrected chi connectivity index (χ0v) is 22.5. The monoisotopic (exact) mass is 538 g/mol. The lowest BCUT2D eigenvalue weighted by Gasteiger charge is -2.11. The molecule has 3 aromatic carbocycles. The fourth-order valence-corrected chi connectivity index (χ4v) is 5.44. The van der Waals surface area contributed by atoms with E-state index in [-0.39, 0.29) is 0 Å². The van der Waals surface area contributed by atoms with E-state index < -0.39 is 0 Å². The van der Waals surface area contributed by atoms with Gasteiger partial charge in [-0.05, 0) is 72.0 Å². The molecule has 1 heterocycles. The molecule has 0 aliphatic heterocycles. The van der Waals surface area contributed by atoms with Gasteiger partial charge in [0.05, 0.1) is 6.61 Å². The molecule has 7 nitrogen and oxygen atoms in total. The molecule has 0 aliphatic carbocycles. The Morgan fingerprint density at radius 3 is 2.43 bits per heavy atom. The minimum absolute atomic E-state index is 0.453. The van der Waals surface area contributed by atoms with Crippen LogP contribution in [0.4, 0.5) is 0 Å². The summed E-state index contributed by atoms with van der Waals surface area (Å²) in [6, 6.07) is 20.4. The number of hydrogen-bond donors (Lipinski definition) is 3. The van der Waals surface area contributed by atoms with E-state index >= 15 is 0 Å². The number of rotatable bonds is 11. The third-order valence-electron chi connectivity index (χ3n) is 6.03. The standard InChI is InChI=1S/C28H31ClN4O3S/c1-18-15-22(35-14-13-34-2)9-10-23(18)27-24-16-20(5-11-25(24)37-28(27)29)17-36-21-7-3-19(4-8-21)6-12-26(32-30)33-31/h3-5,7-11,15-16H,6,12-14,17,30-31H2,1-2H3,(H,32,33). The number of fused-ring (bicyclic) bond motifs is 1. The van der Waals surface area contributed by atoms with Gasteiger partial charge in [0.2, 0.25) is 0 Å². The van der Waals surface area contributed by atoms with Crippen LogP contribution < -0.4 is 26.6 Å². The first-order chi connectivity index (χ1) is 18.0. The topological polar surface area (TPSA) is 104 Å². The summed E-state index contributed by atoms with van der Waals surface area (Å²) in [5.74, 6) is 12.9. The van der Waals surface area contributed by atoms with Crippen LogP contribution in [0.1, 0.15) is 23.1 Å². The molecule has 0 amide bonds. The molecule has 4 rings (SSSR count). The van der Waals surface area contributed by atoms with Crippen molar-refractivity contribution in [3.8, 4) is 22.6 Å². The Hall–Kier alpha value is -3.30. The Morgan fingerprint density at radius 1 is 0.973 bits per heavy atom. The number of nitrogens with one attached hydrogen (secondary N) is 1. The van der Waals surface area contributed by atoms with Crippen LogP contribution in [0.25, 0.3) is 21.2 Å². The summed E-state index contributed by atoms with van der Waals surface area (Å²) in [5, 5.41) is 4.73. The van der Waals surface area contributed by atoms with E-state index in [4.69, 9.17) is 37.5 Å². The van der Waals surface area contributed by atoms with Crippen LogP contribution in [0.15, 0.2) is 65.8 Å². The zero-order valence-electron chi connectivity index (χ0n) is 20.9. The van der Waals surface area contributed by atoms with Gasteiger partial charge in [-0.15, -0.1) is 11.3 Å². The predicted molar refractivity (Wildman–Crippen MR) is 152 cm³/mol. The quantitative estimate of drug-likeness (QED) is 0.0732. The van der Waals surface area contributed by atoms with Gasteiger partial charge >= 0.3 is 0 Å². The second-order valence-electron chi connectivity index (χ2n) is 8.55. The smallest absolute Gasteiger partial charge is 0.136 e. The van der Waals surface area contributed by atoms with Crippen LogP contribution >= 0.6 is 22.9 Å². The first-order valence-electron chi connectivity index (χ1n) is 11.9. The Balaban J connectivity index is 1.47. The highest BCUT2D eigenvalue weighted by atomic mass is 35.5. The van der Waals surface area contributed by atoms with Gasteiger partial charge < -0.3 is 25.5 Å². The summed E-state index contributed by atoms with van der Waals surface area (Å²) in [4.78, 5) is 0. The van der Waals surface area contributed by atoms with Crippen LogP contribution in [0, 0.1) is 6.92 Å². The number of aryl methyl sites for hydroxylation is 2. The molecule has 0 saturated carbocycles. The molecule has 4 aromatic rings. The average Bonchev–Trinajstić information content (AvgIpc) is 3.24. The molecular weight excluding hydrogens is 508 g/mol. The number of thiophene rings is 1. The normalized spacial score (nSPS) is 11.6. The van der Waals surface area contributed by atoms with Crippen molar-refractivity contribution in [2.24, 2.45) is 16.8 Å². The fourth-order valence-electron chi connectivity index (χ4n) is 4.06. The van der Waals surface area contributed by atoms with Gasteiger partial charge in [0.15, 0.2) is 0 Å².